The number of benzene rings is 2. The summed E-state index contributed by atoms with van der Waals surface area (Å²) < 4.78 is 11.9. The highest BCUT2D eigenvalue weighted by molar-refractivity contribution is 7.84. The fourth-order valence-corrected chi connectivity index (χ4v) is 2.82. The Morgan fingerprint density at radius 3 is 2.35 bits per heavy atom. The second-order valence-electron chi connectivity index (χ2n) is 4.63. The first-order chi connectivity index (χ1) is 9.63. The molecule has 1 amide bonds. The van der Waals surface area contributed by atoms with Crippen molar-refractivity contribution in [2.24, 2.45) is 0 Å². The van der Waals surface area contributed by atoms with Gasteiger partial charge in [-0.1, -0.05) is 48.0 Å². The molecule has 0 fully saturated rings. The van der Waals surface area contributed by atoms with Gasteiger partial charge in [-0.3, -0.25) is 9.00 Å². The lowest BCUT2D eigenvalue weighted by atomic mass is 10.2. The molecule has 0 aliphatic rings. The highest BCUT2D eigenvalue weighted by Gasteiger charge is 2.09. The molecule has 2 rings (SSSR count). The maximum Gasteiger partial charge on any atom is 0.237 e. The van der Waals surface area contributed by atoms with Crippen LogP contribution in [0.5, 0.6) is 0 Å². The molecule has 0 aliphatic carbocycles. The van der Waals surface area contributed by atoms with Gasteiger partial charge in [0.15, 0.2) is 0 Å². The Balaban J connectivity index is 1.85. The zero-order valence-corrected chi connectivity index (χ0v) is 12.2. The molecule has 0 aliphatic heterocycles. The van der Waals surface area contributed by atoms with E-state index in [-0.39, 0.29) is 11.7 Å². The van der Waals surface area contributed by atoms with E-state index in [0.717, 1.165) is 16.8 Å². The van der Waals surface area contributed by atoms with E-state index in [1.807, 2.05) is 61.5 Å². The van der Waals surface area contributed by atoms with Gasteiger partial charge in [0.25, 0.3) is 0 Å². The standard InChI is InChI=1S/C16H17NO2S/c1-13-7-9-15(10-8-13)17-16(18)12-20(19)11-14-5-3-2-4-6-14/h2-10H,11-12H2,1H3,(H,17,18)/t20-/m0/s1. The van der Waals surface area contributed by atoms with Crippen LogP contribution in [0.2, 0.25) is 0 Å². The van der Waals surface area contributed by atoms with Gasteiger partial charge in [0, 0.05) is 22.2 Å². The molecule has 0 radical (unpaired) electrons. The van der Waals surface area contributed by atoms with Crippen LogP contribution < -0.4 is 5.32 Å². The third-order valence-corrected chi connectivity index (χ3v) is 4.04. The highest BCUT2D eigenvalue weighted by atomic mass is 32.2. The molecule has 104 valence electrons. The Hall–Kier alpha value is -1.94. The lowest BCUT2D eigenvalue weighted by Crippen LogP contribution is -2.20. The quantitative estimate of drug-likeness (QED) is 0.919. The Kier molecular flexibility index (Phi) is 5.07. The van der Waals surface area contributed by atoms with E-state index in [9.17, 15) is 9.00 Å². The molecular formula is C16H17NO2S. The van der Waals surface area contributed by atoms with Crippen LogP contribution in [0.3, 0.4) is 0 Å². The molecule has 4 heteroatoms. The number of hydrogen-bond donors (Lipinski definition) is 1. The first kappa shape index (κ1) is 14.5. The van der Waals surface area contributed by atoms with E-state index in [0.29, 0.717) is 5.75 Å². The SMILES string of the molecule is Cc1ccc(NC(=O)C[S@@](=O)Cc2ccccc2)cc1. The summed E-state index contributed by atoms with van der Waals surface area (Å²) in [4.78, 5) is 11.8. The van der Waals surface area contributed by atoms with Crippen LogP contribution in [-0.4, -0.2) is 15.9 Å². The topological polar surface area (TPSA) is 46.2 Å². The summed E-state index contributed by atoms with van der Waals surface area (Å²) in [7, 11) is -1.19. The zero-order chi connectivity index (χ0) is 14.4. The smallest absolute Gasteiger partial charge is 0.237 e. The fraction of sp³-hybridized carbons (Fsp3) is 0.188. The summed E-state index contributed by atoms with van der Waals surface area (Å²) in [6.45, 7) is 1.99. The van der Waals surface area contributed by atoms with Gasteiger partial charge < -0.3 is 5.32 Å². The van der Waals surface area contributed by atoms with Gasteiger partial charge in [-0.25, -0.2) is 0 Å². The van der Waals surface area contributed by atoms with Crippen LogP contribution >= 0.6 is 0 Å². The molecule has 0 spiro atoms. The van der Waals surface area contributed by atoms with Crippen LogP contribution in [0.1, 0.15) is 11.1 Å². The van der Waals surface area contributed by atoms with E-state index in [1.165, 1.54) is 0 Å². The van der Waals surface area contributed by atoms with E-state index < -0.39 is 10.8 Å². The number of aryl methyl sites for hydroxylation is 1. The van der Waals surface area contributed by atoms with Gasteiger partial charge in [0.2, 0.25) is 5.91 Å². The largest absolute Gasteiger partial charge is 0.325 e. The van der Waals surface area contributed by atoms with Crippen molar-refractivity contribution in [1.29, 1.82) is 0 Å². The minimum Gasteiger partial charge on any atom is -0.325 e. The number of amides is 1. The zero-order valence-electron chi connectivity index (χ0n) is 11.3. The average Bonchev–Trinajstić information content (AvgIpc) is 2.42. The van der Waals surface area contributed by atoms with Crippen molar-refractivity contribution in [2.75, 3.05) is 11.1 Å². The molecule has 0 saturated carbocycles. The maximum atomic E-state index is 11.9. The molecular weight excluding hydrogens is 270 g/mol. The van der Waals surface area contributed by atoms with Gasteiger partial charge in [-0.05, 0) is 24.6 Å². The molecule has 2 aromatic rings. The molecule has 0 heterocycles. The van der Waals surface area contributed by atoms with Crippen molar-refractivity contribution in [3.8, 4) is 0 Å². The molecule has 20 heavy (non-hydrogen) atoms. The van der Waals surface area contributed by atoms with Crippen molar-refractivity contribution >= 4 is 22.4 Å². The van der Waals surface area contributed by atoms with Crippen LogP contribution in [-0.2, 0) is 21.3 Å². The maximum absolute atomic E-state index is 11.9. The third-order valence-electron chi connectivity index (χ3n) is 2.80. The summed E-state index contributed by atoms with van der Waals surface area (Å²) in [5, 5.41) is 2.75. The Morgan fingerprint density at radius 1 is 1.05 bits per heavy atom. The summed E-state index contributed by atoms with van der Waals surface area (Å²) in [6, 6.07) is 17.1. The summed E-state index contributed by atoms with van der Waals surface area (Å²) in [5.41, 5.74) is 2.85. The Bertz CT molecular complexity index is 594. The number of carbonyl (C=O) groups excluding carboxylic acids is 1. The van der Waals surface area contributed by atoms with E-state index >= 15 is 0 Å². The van der Waals surface area contributed by atoms with Crippen molar-refractivity contribution in [2.45, 2.75) is 12.7 Å². The summed E-state index contributed by atoms with van der Waals surface area (Å²) >= 11 is 0. The molecule has 1 N–H and O–H groups in total. The predicted molar refractivity (Wildman–Crippen MR) is 83.0 cm³/mol. The molecule has 0 saturated heterocycles. The van der Waals surface area contributed by atoms with Crippen LogP contribution in [0.15, 0.2) is 54.6 Å². The highest BCUT2D eigenvalue weighted by Crippen LogP contribution is 2.09. The second kappa shape index (κ2) is 7.01. The first-order valence-corrected chi connectivity index (χ1v) is 7.88. The normalized spacial score (nSPS) is 11.8. The number of carbonyl (C=O) groups is 1. The average molecular weight is 287 g/mol. The minimum absolute atomic E-state index is 0.0166. The predicted octanol–water partition coefficient (Wildman–Crippen LogP) is 2.88. The Morgan fingerprint density at radius 2 is 1.70 bits per heavy atom. The van der Waals surface area contributed by atoms with E-state index in [1.54, 1.807) is 0 Å². The van der Waals surface area contributed by atoms with Crippen LogP contribution in [0.4, 0.5) is 5.69 Å². The number of nitrogens with one attached hydrogen (secondary N) is 1. The van der Waals surface area contributed by atoms with Gasteiger partial charge in [-0.15, -0.1) is 0 Å². The lowest BCUT2D eigenvalue weighted by Gasteiger charge is -2.06. The molecule has 1 atom stereocenters. The van der Waals surface area contributed by atoms with Crippen molar-refractivity contribution in [3.05, 3.63) is 65.7 Å². The first-order valence-electron chi connectivity index (χ1n) is 6.39. The molecule has 2 aromatic carbocycles. The summed E-state index contributed by atoms with van der Waals surface area (Å²) in [6.07, 6.45) is 0. The van der Waals surface area contributed by atoms with Gasteiger partial charge in [-0.2, -0.15) is 0 Å². The lowest BCUT2D eigenvalue weighted by molar-refractivity contribution is -0.113. The van der Waals surface area contributed by atoms with E-state index in [4.69, 9.17) is 0 Å². The van der Waals surface area contributed by atoms with Crippen molar-refractivity contribution in [3.63, 3.8) is 0 Å². The van der Waals surface area contributed by atoms with Gasteiger partial charge in [0.05, 0.1) is 0 Å². The molecule has 0 unspecified atom stereocenters. The third kappa shape index (κ3) is 4.63. The fourth-order valence-electron chi connectivity index (χ4n) is 1.79. The second-order valence-corrected chi connectivity index (χ2v) is 6.09. The summed E-state index contributed by atoms with van der Waals surface area (Å²) in [5.74, 6) is 0.202. The van der Waals surface area contributed by atoms with Crippen molar-refractivity contribution < 1.29 is 9.00 Å². The number of hydrogen-bond acceptors (Lipinski definition) is 2. The van der Waals surface area contributed by atoms with Gasteiger partial charge >= 0.3 is 0 Å². The minimum atomic E-state index is -1.19. The number of rotatable bonds is 5. The van der Waals surface area contributed by atoms with E-state index in [2.05, 4.69) is 5.32 Å². The number of anilines is 1. The molecule has 3 nitrogen and oxygen atoms in total. The van der Waals surface area contributed by atoms with Crippen LogP contribution in [0, 0.1) is 6.92 Å². The van der Waals surface area contributed by atoms with Crippen molar-refractivity contribution in [1.82, 2.24) is 0 Å². The van der Waals surface area contributed by atoms with Crippen LogP contribution in [0.25, 0.3) is 0 Å². The Labute approximate surface area is 121 Å². The monoisotopic (exact) mass is 287 g/mol. The van der Waals surface area contributed by atoms with Gasteiger partial charge in [0.1, 0.15) is 5.75 Å². The molecule has 0 aromatic heterocycles. The molecule has 0 bridgehead atoms.